The minimum Gasteiger partial charge on any atom is -0.462 e. The van der Waals surface area contributed by atoms with Crippen LogP contribution in [0.15, 0.2) is 146 Å². The zero-order chi connectivity index (χ0) is 73.2. The van der Waals surface area contributed by atoms with Crippen LogP contribution < -0.4 is 0 Å². The molecule has 0 aliphatic rings. The predicted molar refractivity (Wildman–Crippen MR) is 408 cm³/mol. The van der Waals surface area contributed by atoms with E-state index in [4.69, 9.17) is 37.0 Å². The van der Waals surface area contributed by atoms with Crippen molar-refractivity contribution in [2.45, 2.75) is 303 Å². The standard InChI is InChI=1S/C81H134O17P2/c1-5-9-13-17-21-25-29-33-36-37-40-43-46-50-54-58-62-66-79(84)92-71-76(97-80(85)67-63-59-55-51-47-41-32-28-24-20-16-12-8-4)73-95-99(87,88)93-69-75(82)70-94-100(89,90)96-74-77(98-81(86)68-64-60-56-52-48-44-39-35-31-27-23-19-15-11-7-3)72-91-78(83)65-61-57-53-49-45-42-38-34-30-26-22-18-14-10-6-2/h9-11,13-15,21-23,25-27,33-36,38-40,43,45,49-50,54,75-77,82H,5-8,12,16-20,24,28-32,37,41-42,44,46-48,51-53,55-74H2,1-4H3,(H,87,88)(H,89,90)/b13-9-,14-10-,15-11-,25-21-,26-22-,27-23-,36-33-,38-34-,39-35-,43-40-,49-45-,54-50-. The molecule has 0 spiro atoms. The van der Waals surface area contributed by atoms with Crippen molar-refractivity contribution in [1.82, 2.24) is 0 Å². The fourth-order valence-electron chi connectivity index (χ4n) is 9.61. The number of unbranched alkanes of at least 4 members (excludes halogenated alkanes) is 20. The lowest BCUT2D eigenvalue weighted by molar-refractivity contribution is -0.161. The second-order valence-electron chi connectivity index (χ2n) is 24.8. The lowest BCUT2D eigenvalue weighted by atomic mass is 10.0. The summed E-state index contributed by atoms with van der Waals surface area (Å²) < 4.78 is 68.4. The van der Waals surface area contributed by atoms with E-state index in [-0.39, 0.29) is 25.7 Å². The molecule has 0 aliphatic carbocycles. The van der Waals surface area contributed by atoms with Crippen LogP contribution in [0.4, 0.5) is 0 Å². The number of hydrogen-bond donors (Lipinski definition) is 3. The summed E-state index contributed by atoms with van der Waals surface area (Å²) in [6.45, 7) is 4.39. The molecular formula is C81H134O17P2. The maximum atomic E-state index is 13.1. The molecule has 5 atom stereocenters. The van der Waals surface area contributed by atoms with E-state index in [1.165, 1.54) is 51.4 Å². The van der Waals surface area contributed by atoms with Gasteiger partial charge in [-0.25, -0.2) is 9.13 Å². The highest BCUT2D eigenvalue weighted by molar-refractivity contribution is 7.47. The molecule has 0 saturated heterocycles. The average Bonchev–Trinajstić information content (AvgIpc) is 0.965. The summed E-state index contributed by atoms with van der Waals surface area (Å²) in [6, 6.07) is 0. The average molecular weight is 1440 g/mol. The molecule has 0 aromatic heterocycles. The molecule has 0 radical (unpaired) electrons. The van der Waals surface area contributed by atoms with Crippen LogP contribution in [0.5, 0.6) is 0 Å². The maximum absolute atomic E-state index is 13.1. The number of hydrogen-bond acceptors (Lipinski definition) is 15. The monoisotopic (exact) mass is 1440 g/mol. The summed E-state index contributed by atoms with van der Waals surface area (Å²) in [5, 5.41) is 10.6. The first kappa shape index (κ1) is 94.9. The predicted octanol–water partition coefficient (Wildman–Crippen LogP) is 21.9. The van der Waals surface area contributed by atoms with Crippen molar-refractivity contribution in [2.24, 2.45) is 0 Å². The third-order valence-corrected chi connectivity index (χ3v) is 17.2. The molecule has 0 rings (SSSR count). The molecule has 17 nitrogen and oxygen atoms in total. The first-order chi connectivity index (χ1) is 48.7. The van der Waals surface area contributed by atoms with Crippen LogP contribution in [0.3, 0.4) is 0 Å². The van der Waals surface area contributed by atoms with Crippen LogP contribution in [0.1, 0.15) is 285 Å². The van der Waals surface area contributed by atoms with Crippen molar-refractivity contribution in [3.05, 3.63) is 146 Å². The lowest BCUT2D eigenvalue weighted by Crippen LogP contribution is -2.30. The molecule has 0 aromatic rings. The van der Waals surface area contributed by atoms with Gasteiger partial charge in [-0.05, 0) is 135 Å². The van der Waals surface area contributed by atoms with Gasteiger partial charge in [-0.15, -0.1) is 0 Å². The molecule has 19 heteroatoms. The first-order valence-corrected chi connectivity index (χ1v) is 41.1. The van der Waals surface area contributed by atoms with Gasteiger partial charge in [-0.2, -0.15) is 0 Å². The van der Waals surface area contributed by atoms with Crippen molar-refractivity contribution < 1.29 is 80.2 Å². The number of carbonyl (C=O) groups is 4. The lowest BCUT2D eigenvalue weighted by Gasteiger charge is -2.21. The van der Waals surface area contributed by atoms with Gasteiger partial charge < -0.3 is 33.8 Å². The number of allylic oxidation sites excluding steroid dienone is 24. The molecule has 570 valence electrons. The van der Waals surface area contributed by atoms with E-state index in [9.17, 15) is 43.2 Å². The van der Waals surface area contributed by atoms with Gasteiger partial charge in [0.15, 0.2) is 12.2 Å². The Labute approximate surface area is 605 Å². The Morgan fingerprint density at radius 3 is 0.860 bits per heavy atom. The zero-order valence-corrected chi connectivity index (χ0v) is 63.9. The number of carbonyl (C=O) groups excluding carboxylic acids is 4. The second kappa shape index (κ2) is 72.3. The van der Waals surface area contributed by atoms with Gasteiger partial charge in [0, 0.05) is 25.7 Å². The smallest absolute Gasteiger partial charge is 0.462 e. The fourth-order valence-corrected chi connectivity index (χ4v) is 11.2. The van der Waals surface area contributed by atoms with E-state index in [2.05, 4.69) is 161 Å². The van der Waals surface area contributed by atoms with Gasteiger partial charge in [0.05, 0.1) is 26.4 Å². The van der Waals surface area contributed by atoms with Crippen molar-refractivity contribution in [3.8, 4) is 0 Å². The Morgan fingerprint density at radius 2 is 0.530 bits per heavy atom. The highest BCUT2D eigenvalue weighted by Crippen LogP contribution is 2.45. The number of aliphatic hydroxyl groups is 1. The van der Waals surface area contributed by atoms with Crippen LogP contribution in [0, 0.1) is 0 Å². The van der Waals surface area contributed by atoms with E-state index in [1.54, 1.807) is 0 Å². The van der Waals surface area contributed by atoms with Gasteiger partial charge in [0.25, 0.3) is 0 Å². The summed E-state index contributed by atoms with van der Waals surface area (Å²) in [5.74, 6) is -2.31. The maximum Gasteiger partial charge on any atom is 0.472 e. The van der Waals surface area contributed by atoms with Gasteiger partial charge in [-0.3, -0.25) is 37.3 Å². The summed E-state index contributed by atoms with van der Waals surface area (Å²) in [4.78, 5) is 72.8. The summed E-state index contributed by atoms with van der Waals surface area (Å²) in [7, 11) is -9.99. The fraction of sp³-hybridized carbons (Fsp3) is 0.654. The minimum atomic E-state index is -5.00. The van der Waals surface area contributed by atoms with Gasteiger partial charge in [0.2, 0.25) is 0 Å². The largest absolute Gasteiger partial charge is 0.472 e. The normalized spacial score (nSPS) is 14.8. The summed E-state index contributed by atoms with van der Waals surface area (Å²) in [6.07, 6.45) is 81.4. The van der Waals surface area contributed by atoms with Gasteiger partial charge >= 0.3 is 39.5 Å². The Hall–Kier alpha value is -5.06. The van der Waals surface area contributed by atoms with Crippen molar-refractivity contribution in [1.29, 1.82) is 0 Å². The molecule has 0 aliphatic heterocycles. The van der Waals surface area contributed by atoms with Crippen molar-refractivity contribution in [3.63, 3.8) is 0 Å². The molecule has 0 saturated carbocycles. The molecule has 3 N–H and O–H groups in total. The molecule has 0 fully saturated rings. The Balaban J connectivity index is 5.45. The zero-order valence-electron chi connectivity index (χ0n) is 62.1. The summed E-state index contributed by atoms with van der Waals surface area (Å²) in [5.41, 5.74) is 0. The van der Waals surface area contributed by atoms with Crippen molar-refractivity contribution in [2.75, 3.05) is 39.6 Å². The number of phosphoric acid groups is 2. The molecule has 100 heavy (non-hydrogen) atoms. The van der Waals surface area contributed by atoms with E-state index >= 15 is 0 Å². The van der Waals surface area contributed by atoms with Crippen molar-refractivity contribution >= 4 is 39.5 Å². The highest BCUT2D eigenvalue weighted by Gasteiger charge is 2.30. The minimum absolute atomic E-state index is 0.0611. The number of esters is 4. The van der Waals surface area contributed by atoms with Crippen LogP contribution in [-0.2, 0) is 65.4 Å². The Kier molecular flexibility index (Phi) is 68.6. The third-order valence-electron chi connectivity index (χ3n) is 15.3. The quantitative estimate of drug-likeness (QED) is 0.0169. The SMILES string of the molecule is CC/C=C\C/C=C\C/C=C\C/C=C\C/C=C\CCCC(=O)OCC(COP(=O)(O)OCC(O)COP(=O)(O)OCC(COC(=O)CCCC/C=C\C/C=C\C/C=C\C/C=C\CC)OC(=O)CCCCCCC/C=C\C/C=C\C/C=C\CC)OC(=O)CCCCCCCCCCCCCCC. The number of aliphatic hydroxyl groups excluding tert-OH is 1. The number of rotatable bonds is 70. The molecule has 0 aromatic carbocycles. The molecule has 0 bridgehead atoms. The number of ether oxygens (including phenoxy) is 4. The molecule has 0 amide bonds. The summed E-state index contributed by atoms with van der Waals surface area (Å²) >= 11 is 0. The van der Waals surface area contributed by atoms with E-state index in [0.717, 1.165) is 148 Å². The Morgan fingerprint density at radius 1 is 0.290 bits per heavy atom. The molecular weight excluding hydrogens is 1310 g/mol. The molecule has 5 unspecified atom stereocenters. The van der Waals surface area contributed by atoms with Gasteiger partial charge in [0.1, 0.15) is 19.3 Å². The van der Waals surface area contributed by atoms with Crippen LogP contribution in [0.25, 0.3) is 0 Å². The van der Waals surface area contributed by atoms with E-state index in [1.807, 2.05) is 12.2 Å². The topological polar surface area (TPSA) is 237 Å². The highest BCUT2D eigenvalue weighted by atomic mass is 31.2. The molecule has 0 heterocycles. The van der Waals surface area contributed by atoms with E-state index < -0.39 is 97.5 Å². The third kappa shape index (κ3) is 71.3. The Bertz CT molecular complexity index is 2470. The van der Waals surface area contributed by atoms with E-state index in [0.29, 0.717) is 32.1 Å². The first-order valence-electron chi connectivity index (χ1n) is 38.1. The van der Waals surface area contributed by atoms with Crippen LogP contribution >= 0.6 is 15.6 Å². The van der Waals surface area contributed by atoms with Crippen LogP contribution in [-0.4, -0.2) is 96.7 Å². The number of phosphoric ester groups is 2. The van der Waals surface area contributed by atoms with Gasteiger partial charge in [-0.1, -0.05) is 270 Å². The van der Waals surface area contributed by atoms with Crippen LogP contribution in [0.2, 0.25) is 0 Å². The second-order valence-corrected chi connectivity index (χ2v) is 27.7.